The van der Waals surface area contributed by atoms with Gasteiger partial charge in [0, 0.05) is 14.2 Å². The third-order valence-electron chi connectivity index (χ3n) is 1.48. The van der Waals surface area contributed by atoms with Crippen LogP contribution in [0.25, 0.3) is 0 Å². The molecule has 1 amide bonds. The van der Waals surface area contributed by atoms with Gasteiger partial charge in [0.25, 0.3) is 5.91 Å². The van der Waals surface area contributed by atoms with Gasteiger partial charge in [-0.05, 0) is 12.1 Å². The first-order valence-electron chi connectivity index (χ1n) is 3.87. The van der Waals surface area contributed by atoms with E-state index in [1.54, 1.807) is 0 Å². The highest BCUT2D eigenvalue weighted by Gasteiger charge is 2.12. The number of benzene rings is 1. The summed E-state index contributed by atoms with van der Waals surface area (Å²) in [5, 5.41) is 9.53. The smallest absolute Gasteiger partial charge is 0.254 e. The zero-order chi connectivity index (χ0) is 12.0. The molecule has 6 heteroatoms. The SMILES string of the molecule is CNC(=O)c1cc(Cl)c(Cl)cc1F.CO. The Bertz CT molecular complexity index is 358. The first-order valence-corrected chi connectivity index (χ1v) is 4.63. The highest BCUT2D eigenvalue weighted by molar-refractivity contribution is 6.42. The molecule has 1 aromatic carbocycles. The van der Waals surface area contributed by atoms with E-state index in [0.29, 0.717) is 0 Å². The molecule has 0 aliphatic rings. The normalized spacial score (nSPS) is 8.93. The lowest BCUT2D eigenvalue weighted by atomic mass is 10.2. The summed E-state index contributed by atoms with van der Waals surface area (Å²) in [7, 11) is 2.41. The van der Waals surface area contributed by atoms with E-state index in [9.17, 15) is 9.18 Å². The van der Waals surface area contributed by atoms with Crippen molar-refractivity contribution in [3.63, 3.8) is 0 Å². The molecule has 0 fully saturated rings. The van der Waals surface area contributed by atoms with Gasteiger partial charge in [-0.2, -0.15) is 0 Å². The van der Waals surface area contributed by atoms with Crippen molar-refractivity contribution in [3.8, 4) is 0 Å². The van der Waals surface area contributed by atoms with Crippen molar-refractivity contribution in [3.05, 3.63) is 33.6 Å². The number of rotatable bonds is 1. The summed E-state index contributed by atoms with van der Waals surface area (Å²) < 4.78 is 13.1. The van der Waals surface area contributed by atoms with Gasteiger partial charge in [-0.25, -0.2) is 4.39 Å². The van der Waals surface area contributed by atoms with Crippen LogP contribution in [0.4, 0.5) is 4.39 Å². The number of nitrogens with one attached hydrogen (secondary N) is 1. The van der Waals surface area contributed by atoms with Gasteiger partial charge < -0.3 is 10.4 Å². The van der Waals surface area contributed by atoms with Gasteiger partial charge in [0.15, 0.2) is 0 Å². The van der Waals surface area contributed by atoms with Gasteiger partial charge in [0.05, 0.1) is 15.6 Å². The molecular formula is C9H10Cl2FNO2. The fourth-order valence-electron chi connectivity index (χ4n) is 0.831. The fraction of sp³-hybridized carbons (Fsp3) is 0.222. The monoisotopic (exact) mass is 253 g/mol. The summed E-state index contributed by atoms with van der Waals surface area (Å²) in [4.78, 5) is 11.0. The molecule has 1 rings (SSSR count). The van der Waals surface area contributed by atoms with Crippen molar-refractivity contribution in [2.45, 2.75) is 0 Å². The van der Waals surface area contributed by atoms with Gasteiger partial charge in [0.1, 0.15) is 5.82 Å². The quantitative estimate of drug-likeness (QED) is 0.754. The number of hydrogen-bond acceptors (Lipinski definition) is 2. The Morgan fingerprint density at radius 3 is 2.27 bits per heavy atom. The lowest BCUT2D eigenvalue weighted by molar-refractivity contribution is 0.0959. The molecule has 2 N–H and O–H groups in total. The van der Waals surface area contributed by atoms with Crippen molar-refractivity contribution in [1.29, 1.82) is 0 Å². The largest absolute Gasteiger partial charge is 0.400 e. The van der Waals surface area contributed by atoms with Crippen LogP contribution < -0.4 is 5.32 Å². The second kappa shape index (κ2) is 6.61. The van der Waals surface area contributed by atoms with E-state index in [1.807, 2.05) is 0 Å². The lowest BCUT2D eigenvalue weighted by Gasteiger charge is -2.03. The molecule has 0 aromatic heterocycles. The van der Waals surface area contributed by atoms with Gasteiger partial charge in [-0.1, -0.05) is 23.2 Å². The number of amides is 1. The predicted octanol–water partition coefficient (Wildman–Crippen LogP) is 2.10. The van der Waals surface area contributed by atoms with Gasteiger partial charge >= 0.3 is 0 Å². The van der Waals surface area contributed by atoms with Gasteiger partial charge in [0.2, 0.25) is 0 Å². The van der Waals surface area contributed by atoms with Crippen LogP contribution in [-0.2, 0) is 0 Å². The topological polar surface area (TPSA) is 49.3 Å². The number of aliphatic hydroxyl groups excluding tert-OH is 1. The maximum atomic E-state index is 13.1. The first-order chi connectivity index (χ1) is 7.06. The molecule has 84 valence electrons. The van der Waals surface area contributed by atoms with Crippen LogP contribution >= 0.6 is 23.2 Å². The number of carbonyl (C=O) groups is 1. The van der Waals surface area contributed by atoms with E-state index in [1.165, 1.54) is 13.1 Å². The third kappa shape index (κ3) is 3.66. The second-order valence-electron chi connectivity index (χ2n) is 2.33. The Morgan fingerprint density at radius 2 is 1.80 bits per heavy atom. The van der Waals surface area contributed by atoms with Crippen LogP contribution in [0.5, 0.6) is 0 Å². The molecule has 3 nitrogen and oxygen atoms in total. The van der Waals surface area contributed by atoms with Crippen molar-refractivity contribution in [2.24, 2.45) is 0 Å². The van der Waals surface area contributed by atoms with Crippen LogP contribution in [0.3, 0.4) is 0 Å². The molecule has 0 aliphatic carbocycles. The van der Waals surface area contributed by atoms with Crippen molar-refractivity contribution in [1.82, 2.24) is 5.32 Å². The van der Waals surface area contributed by atoms with E-state index in [0.717, 1.165) is 13.2 Å². The molecule has 15 heavy (non-hydrogen) atoms. The molecule has 0 bridgehead atoms. The van der Waals surface area contributed by atoms with Gasteiger partial charge in [-0.15, -0.1) is 0 Å². The third-order valence-corrected chi connectivity index (χ3v) is 2.20. The summed E-state index contributed by atoms with van der Waals surface area (Å²) in [5.74, 6) is -1.22. The van der Waals surface area contributed by atoms with Crippen molar-refractivity contribution < 1.29 is 14.3 Å². The van der Waals surface area contributed by atoms with Crippen LogP contribution in [0, 0.1) is 5.82 Å². The maximum absolute atomic E-state index is 13.1. The standard InChI is InChI=1S/C8H6Cl2FNO.CH4O/c1-12-8(13)4-2-5(9)6(10)3-7(4)11;1-2/h2-3H,1H3,(H,12,13);2H,1H3. The molecule has 0 atom stereocenters. The minimum absolute atomic E-state index is 0.0896. The first kappa shape index (κ1) is 14.2. The molecule has 0 unspecified atom stereocenters. The Labute approximate surface area is 96.8 Å². The molecule has 0 aliphatic heterocycles. The van der Waals surface area contributed by atoms with E-state index in [4.69, 9.17) is 28.3 Å². The Morgan fingerprint density at radius 1 is 1.33 bits per heavy atom. The summed E-state index contributed by atoms with van der Waals surface area (Å²) in [5.41, 5.74) is -0.114. The Kier molecular flexibility index (Phi) is 6.24. The molecule has 0 heterocycles. The average molecular weight is 254 g/mol. The number of aliphatic hydroxyl groups is 1. The highest BCUT2D eigenvalue weighted by atomic mass is 35.5. The summed E-state index contributed by atoms with van der Waals surface area (Å²) >= 11 is 11.1. The molecule has 0 radical (unpaired) electrons. The zero-order valence-electron chi connectivity index (χ0n) is 8.14. The predicted molar refractivity (Wildman–Crippen MR) is 58.0 cm³/mol. The second-order valence-corrected chi connectivity index (χ2v) is 3.14. The molecule has 0 saturated heterocycles. The fourth-order valence-corrected chi connectivity index (χ4v) is 1.15. The summed E-state index contributed by atoms with van der Waals surface area (Å²) in [6, 6.07) is 2.20. The van der Waals surface area contributed by atoms with Crippen LogP contribution in [-0.4, -0.2) is 25.2 Å². The van der Waals surface area contributed by atoms with Crippen LogP contribution in [0.15, 0.2) is 12.1 Å². The minimum Gasteiger partial charge on any atom is -0.400 e. The van der Waals surface area contributed by atoms with E-state index in [2.05, 4.69) is 5.32 Å². The highest BCUT2D eigenvalue weighted by Crippen LogP contribution is 2.24. The van der Waals surface area contributed by atoms with Crippen LogP contribution in [0.1, 0.15) is 10.4 Å². The Hall–Kier alpha value is -0.840. The summed E-state index contributed by atoms with van der Waals surface area (Å²) in [6.07, 6.45) is 0. The molecule has 0 spiro atoms. The van der Waals surface area contributed by atoms with E-state index >= 15 is 0 Å². The van der Waals surface area contributed by atoms with Crippen molar-refractivity contribution >= 4 is 29.1 Å². The van der Waals surface area contributed by atoms with Gasteiger partial charge in [-0.3, -0.25) is 4.79 Å². The maximum Gasteiger partial charge on any atom is 0.254 e. The summed E-state index contributed by atoms with van der Waals surface area (Å²) in [6.45, 7) is 0. The molecule has 0 saturated carbocycles. The molecule has 1 aromatic rings. The number of halogens is 3. The number of hydrogen-bond donors (Lipinski definition) is 2. The van der Waals surface area contributed by atoms with E-state index in [-0.39, 0.29) is 15.6 Å². The average Bonchev–Trinajstić information content (AvgIpc) is 2.25. The minimum atomic E-state index is -0.686. The van der Waals surface area contributed by atoms with Crippen molar-refractivity contribution in [2.75, 3.05) is 14.2 Å². The molecular weight excluding hydrogens is 244 g/mol. The van der Waals surface area contributed by atoms with Crippen LogP contribution in [0.2, 0.25) is 10.0 Å². The zero-order valence-corrected chi connectivity index (χ0v) is 9.66. The van der Waals surface area contributed by atoms with E-state index < -0.39 is 11.7 Å². The Balaban J connectivity index is 0.000000921. The number of carbonyl (C=O) groups excluding carboxylic acids is 1. The lowest BCUT2D eigenvalue weighted by Crippen LogP contribution is -2.19.